The van der Waals surface area contributed by atoms with E-state index in [2.05, 4.69) is 20.6 Å². The summed E-state index contributed by atoms with van der Waals surface area (Å²) in [5.41, 5.74) is 4.25. The smallest absolute Gasteiger partial charge is 0.257 e. The lowest BCUT2D eigenvalue weighted by molar-refractivity contribution is -0.120. The molecule has 4 aromatic rings. The molecule has 6 rings (SSSR count). The Morgan fingerprint density at radius 2 is 1.04 bits per heavy atom. The van der Waals surface area contributed by atoms with E-state index in [4.69, 9.17) is 0 Å². The highest BCUT2D eigenvalue weighted by atomic mass is 32.2. The summed E-state index contributed by atoms with van der Waals surface area (Å²) in [7, 11) is 0. The van der Waals surface area contributed by atoms with Gasteiger partial charge in [0.1, 0.15) is 22.1 Å². The molecule has 2 aliphatic rings. The van der Waals surface area contributed by atoms with Crippen LogP contribution in [-0.4, -0.2) is 81.1 Å². The lowest BCUT2D eigenvalue weighted by Gasteiger charge is -2.24. The average molecular weight is 707 g/mol. The molecule has 2 aromatic heterocycles. The van der Waals surface area contributed by atoms with E-state index in [1.807, 2.05) is 73.2 Å². The number of benzene rings is 2. The van der Waals surface area contributed by atoms with Gasteiger partial charge in [-0.25, -0.2) is 9.97 Å². The Labute approximate surface area is 300 Å². The molecule has 0 saturated carbocycles. The summed E-state index contributed by atoms with van der Waals surface area (Å²) in [5, 5.41) is 7.26. The first-order valence-electron chi connectivity index (χ1n) is 16.5. The molecule has 0 spiro atoms. The molecule has 2 atom stereocenters. The number of carbonyl (C=O) groups excluding carboxylic acids is 4. The lowest BCUT2D eigenvalue weighted by Crippen LogP contribution is -2.43. The van der Waals surface area contributed by atoms with E-state index in [9.17, 15) is 19.2 Å². The van der Waals surface area contributed by atoms with Gasteiger partial charge in [-0.05, 0) is 97.9 Å². The molecule has 0 aliphatic carbocycles. The maximum atomic E-state index is 13.3. The van der Waals surface area contributed by atoms with Crippen LogP contribution in [0.1, 0.15) is 57.5 Å². The number of rotatable bonds is 10. The van der Waals surface area contributed by atoms with Gasteiger partial charge in [0.25, 0.3) is 11.8 Å². The third-order valence-corrected chi connectivity index (χ3v) is 10.3. The zero-order chi connectivity index (χ0) is 35.0. The van der Waals surface area contributed by atoms with E-state index in [-0.39, 0.29) is 23.6 Å². The van der Waals surface area contributed by atoms with E-state index in [1.165, 1.54) is 23.5 Å². The zero-order valence-corrected chi connectivity index (χ0v) is 29.5. The van der Waals surface area contributed by atoms with Crippen LogP contribution in [0.25, 0.3) is 12.2 Å². The minimum absolute atomic E-state index is 0.172. The van der Waals surface area contributed by atoms with Gasteiger partial charge < -0.3 is 20.4 Å². The van der Waals surface area contributed by atoms with E-state index in [1.54, 1.807) is 46.5 Å². The number of thioether (sulfide) groups is 2. The van der Waals surface area contributed by atoms with Gasteiger partial charge in [-0.15, -0.1) is 23.5 Å². The number of aromatic nitrogens is 2. The van der Waals surface area contributed by atoms with Crippen LogP contribution in [0, 0.1) is 0 Å². The normalized spacial score (nSPS) is 17.2. The molecule has 2 aliphatic heterocycles. The van der Waals surface area contributed by atoms with Crippen LogP contribution in [0.2, 0.25) is 0 Å². The van der Waals surface area contributed by atoms with Crippen LogP contribution in [0.4, 0.5) is 11.4 Å². The van der Waals surface area contributed by atoms with Gasteiger partial charge in [0.2, 0.25) is 11.8 Å². The molecule has 256 valence electrons. The summed E-state index contributed by atoms with van der Waals surface area (Å²) in [6.45, 7) is 1.06. The Hall–Kier alpha value is -4.94. The second-order valence-electron chi connectivity index (χ2n) is 12.0. The number of pyridine rings is 2. The lowest BCUT2D eigenvalue weighted by atomic mass is 10.1. The predicted molar refractivity (Wildman–Crippen MR) is 199 cm³/mol. The van der Waals surface area contributed by atoms with Crippen LogP contribution in [0.3, 0.4) is 0 Å². The second-order valence-corrected chi connectivity index (χ2v) is 13.6. The molecule has 10 nitrogen and oxygen atoms in total. The largest absolute Gasteiger partial charge is 0.327 e. The number of likely N-dealkylation sites (tertiary alicyclic amines) is 2. The summed E-state index contributed by atoms with van der Waals surface area (Å²) in [6.07, 6.45) is 13.8. The first-order valence-corrected chi connectivity index (χ1v) is 18.9. The number of nitrogens with zero attached hydrogens (tertiary/aromatic N) is 4. The SMILES string of the molecule is CSc1ncccc1C(=O)N1CCC[C@H]1C(=O)Nc1ccc(/C=C/c2ccc(NC(=O)[C@@H]3CCCN3C(=O)c3cccnc3SC)cc2)cc1. The first kappa shape index (κ1) is 34.9. The maximum Gasteiger partial charge on any atom is 0.257 e. The van der Waals surface area contributed by atoms with Gasteiger partial charge in [-0.2, -0.15) is 0 Å². The highest BCUT2D eigenvalue weighted by Gasteiger charge is 2.36. The van der Waals surface area contributed by atoms with Crippen LogP contribution >= 0.6 is 23.5 Å². The Morgan fingerprint density at radius 3 is 1.42 bits per heavy atom. The number of hydrogen-bond donors (Lipinski definition) is 2. The number of hydrogen-bond acceptors (Lipinski definition) is 8. The predicted octanol–water partition coefficient (Wildman–Crippen LogP) is 6.58. The molecule has 0 unspecified atom stereocenters. The summed E-state index contributed by atoms with van der Waals surface area (Å²) in [5.74, 6) is -0.748. The maximum absolute atomic E-state index is 13.3. The summed E-state index contributed by atoms with van der Waals surface area (Å²) >= 11 is 2.83. The van der Waals surface area contributed by atoms with Crippen LogP contribution in [0.15, 0.2) is 95.2 Å². The van der Waals surface area contributed by atoms with Gasteiger partial charge >= 0.3 is 0 Å². The molecule has 2 saturated heterocycles. The highest BCUT2D eigenvalue weighted by molar-refractivity contribution is 7.98. The molecule has 2 fully saturated rings. The number of amides is 4. The van der Waals surface area contributed by atoms with Crippen molar-refractivity contribution in [2.75, 3.05) is 36.2 Å². The fraction of sp³-hybridized carbons (Fsp3) is 0.263. The van der Waals surface area contributed by atoms with Crippen LogP contribution < -0.4 is 10.6 Å². The van der Waals surface area contributed by atoms with Crippen molar-refractivity contribution in [1.29, 1.82) is 0 Å². The van der Waals surface area contributed by atoms with Crippen molar-refractivity contribution in [3.05, 3.63) is 107 Å². The molecule has 4 amide bonds. The van der Waals surface area contributed by atoms with Crippen molar-refractivity contribution in [2.24, 2.45) is 0 Å². The minimum Gasteiger partial charge on any atom is -0.327 e. The van der Waals surface area contributed by atoms with Gasteiger partial charge in [-0.1, -0.05) is 36.4 Å². The molecule has 12 heteroatoms. The van der Waals surface area contributed by atoms with Crippen molar-refractivity contribution in [2.45, 2.75) is 47.8 Å². The number of carbonyl (C=O) groups is 4. The summed E-state index contributed by atoms with van der Waals surface area (Å²) in [4.78, 5) is 64.9. The van der Waals surface area contributed by atoms with Crippen molar-refractivity contribution in [3.63, 3.8) is 0 Å². The second kappa shape index (κ2) is 16.2. The van der Waals surface area contributed by atoms with Crippen LogP contribution in [0.5, 0.6) is 0 Å². The molecule has 0 bridgehead atoms. The monoisotopic (exact) mass is 706 g/mol. The van der Waals surface area contributed by atoms with E-state index >= 15 is 0 Å². The first-order chi connectivity index (χ1) is 24.4. The minimum atomic E-state index is -0.538. The zero-order valence-electron chi connectivity index (χ0n) is 27.9. The third kappa shape index (κ3) is 7.92. The summed E-state index contributed by atoms with van der Waals surface area (Å²) in [6, 6.07) is 21.0. The van der Waals surface area contributed by atoms with Crippen molar-refractivity contribution >= 4 is 70.7 Å². The molecule has 2 N–H and O–H groups in total. The molecular weight excluding hydrogens is 669 g/mol. The fourth-order valence-electron chi connectivity index (χ4n) is 6.31. The Morgan fingerprint density at radius 1 is 0.640 bits per heavy atom. The third-order valence-electron chi connectivity index (χ3n) is 8.85. The number of anilines is 2. The molecule has 50 heavy (non-hydrogen) atoms. The Bertz CT molecular complexity index is 1760. The van der Waals surface area contributed by atoms with Crippen molar-refractivity contribution < 1.29 is 19.2 Å². The van der Waals surface area contributed by atoms with Crippen molar-refractivity contribution in [3.8, 4) is 0 Å². The van der Waals surface area contributed by atoms with E-state index in [0.717, 1.165) is 24.0 Å². The molecule has 0 radical (unpaired) electrons. The Kier molecular flexibility index (Phi) is 11.3. The highest BCUT2D eigenvalue weighted by Crippen LogP contribution is 2.27. The van der Waals surface area contributed by atoms with Crippen molar-refractivity contribution in [1.82, 2.24) is 19.8 Å². The van der Waals surface area contributed by atoms with Crippen LogP contribution in [-0.2, 0) is 9.59 Å². The Balaban J connectivity index is 1.02. The summed E-state index contributed by atoms with van der Waals surface area (Å²) < 4.78 is 0. The fourth-order valence-corrected chi connectivity index (χ4v) is 7.39. The molecule has 2 aromatic carbocycles. The topological polar surface area (TPSA) is 125 Å². The molecule has 4 heterocycles. The van der Waals surface area contributed by atoms with Gasteiger partial charge in [0, 0.05) is 36.9 Å². The average Bonchev–Trinajstić information content (AvgIpc) is 3.86. The molecular formula is C38H38N6O4S2. The quantitative estimate of drug-likeness (QED) is 0.140. The van der Waals surface area contributed by atoms with Gasteiger partial charge in [0.05, 0.1) is 11.1 Å². The number of nitrogens with one attached hydrogen (secondary N) is 2. The standard InChI is InChI=1S/C38H38N6O4S2/c1-49-35-29(7-3-21-39-35)37(47)43-23-5-9-31(43)33(45)41-27-17-13-25(14-18-27)11-12-26-15-19-28(20-16-26)42-34(46)32-10-6-24-44(32)38(48)30-8-4-22-40-36(30)50-2/h3-4,7-8,11-22,31-32H,5-6,9-10,23-24H2,1-2H3,(H,41,45)(H,42,46)/b12-11+/t31-,32-/m0/s1. The van der Waals surface area contributed by atoms with Gasteiger partial charge in [0.15, 0.2) is 0 Å². The van der Waals surface area contributed by atoms with E-state index < -0.39 is 12.1 Å². The van der Waals surface area contributed by atoms with E-state index in [0.29, 0.717) is 58.5 Å². The van der Waals surface area contributed by atoms with Gasteiger partial charge in [-0.3, -0.25) is 19.2 Å².